The molecule has 8 nitrogen and oxygen atoms in total. The first-order valence-corrected chi connectivity index (χ1v) is 9.34. The molecule has 0 spiro atoms. The molecule has 3 rings (SSSR count). The van der Waals surface area contributed by atoms with Crippen LogP contribution >= 0.6 is 0 Å². The van der Waals surface area contributed by atoms with Crippen molar-refractivity contribution in [3.63, 3.8) is 0 Å². The molecule has 2 amide bonds. The lowest BCUT2D eigenvalue weighted by Gasteiger charge is -2.37. The molecule has 1 atom stereocenters. The van der Waals surface area contributed by atoms with Crippen molar-refractivity contribution in [3.8, 4) is 0 Å². The third kappa shape index (κ3) is 4.70. The summed E-state index contributed by atoms with van der Waals surface area (Å²) in [5.74, 6) is 0.581. The van der Waals surface area contributed by atoms with Crippen molar-refractivity contribution in [2.45, 2.75) is 63.8 Å². The van der Waals surface area contributed by atoms with E-state index in [9.17, 15) is 14.4 Å². The molecule has 2 fully saturated rings. The third-order valence-corrected chi connectivity index (χ3v) is 5.29. The van der Waals surface area contributed by atoms with Crippen LogP contribution in [0.4, 0.5) is 0 Å². The second-order valence-electron chi connectivity index (χ2n) is 7.09. The average molecular weight is 349 g/mol. The van der Waals surface area contributed by atoms with Gasteiger partial charge in [0.1, 0.15) is 5.82 Å². The highest BCUT2D eigenvalue weighted by Gasteiger charge is 2.34. The van der Waals surface area contributed by atoms with Gasteiger partial charge in [-0.1, -0.05) is 25.7 Å². The van der Waals surface area contributed by atoms with Crippen LogP contribution in [-0.2, 0) is 16.0 Å². The van der Waals surface area contributed by atoms with Gasteiger partial charge in [0.25, 0.3) is 0 Å². The van der Waals surface area contributed by atoms with E-state index in [1.54, 1.807) is 0 Å². The number of H-pyrrole nitrogens is 2. The van der Waals surface area contributed by atoms with Crippen molar-refractivity contribution in [1.82, 2.24) is 25.4 Å². The predicted molar refractivity (Wildman–Crippen MR) is 91.8 cm³/mol. The summed E-state index contributed by atoms with van der Waals surface area (Å²) in [7, 11) is 0. The molecule has 2 aliphatic rings. The first-order chi connectivity index (χ1) is 12.1. The van der Waals surface area contributed by atoms with Crippen LogP contribution in [0, 0.1) is 5.92 Å². The van der Waals surface area contributed by atoms with E-state index in [2.05, 4.69) is 20.5 Å². The van der Waals surface area contributed by atoms with Crippen molar-refractivity contribution in [3.05, 3.63) is 16.3 Å². The summed E-state index contributed by atoms with van der Waals surface area (Å²) in [6.07, 6.45) is 8.52. The minimum atomic E-state index is -0.342. The number of hydrogen-bond donors (Lipinski definition) is 3. The minimum absolute atomic E-state index is 0.0102. The standard InChI is InChI=1S/C17H27N5O3/c23-15-8-7-12(11-22(15)13-5-3-1-2-4-6-13)16(24)18-10-9-14-19-17(25)21-20-14/h12-13H,1-11H2,(H,18,24)(H2,19,20,21,25)/t12-/m1/s1. The topological polar surface area (TPSA) is 111 Å². The fourth-order valence-electron chi connectivity index (χ4n) is 3.88. The lowest BCUT2D eigenvalue weighted by molar-refractivity contribution is -0.141. The van der Waals surface area contributed by atoms with Gasteiger partial charge in [0.05, 0.1) is 5.92 Å². The second kappa shape index (κ2) is 8.31. The first kappa shape index (κ1) is 17.7. The Bertz CT molecular complexity index is 645. The minimum Gasteiger partial charge on any atom is -0.355 e. The number of nitrogens with one attached hydrogen (secondary N) is 3. The van der Waals surface area contributed by atoms with E-state index in [0.717, 1.165) is 12.8 Å². The third-order valence-electron chi connectivity index (χ3n) is 5.29. The summed E-state index contributed by atoms with van der Waals surface area (Å²) in [6.45, 7) is 0.960. The molecule has 1 aromatic rings. The molecule has 2 heterocycles. The second-order valence-corrected chi connectivity index (χ2v) is 7.09. The summed E-state index contributed by atoms with van der Waals surface area (Å²) in [5, 5.41) is 9.03. The van der Waals surface area contributed by atoms with Gasteiger partial charge in [0.15, 0.2) is 0 Å². The van der Waals surface area contributed by atoms with Gasteiger partial charge in [-0.05, 0) is 19.3 Å². The molecule has 8 heteroatoms. The normalized spacial score (nSPS) is 22.6. The van der Waals surface area contributed by atoms with Crippen LogP contribution in [-0.4, -0.2) is 51.0 Å². The number of nitrogens with zero attached hydrogens (tertiary/aromatic N) is 2. The van der Waals surface area contributed by atoms with Crippen LogP contribution in [0.25, 0.3) is 0 Å². The van der Waals surface area contributed by atoms with Gasteiger partial charge in [-0.2, -0.15) is 5.10 Å². The van der Waals surface area contributed by atoms with Crippen LogP contribution in [0.3, 0.4) is 0 Å². The van der Waals surface area contributed by atoms with E-state index in [1.807, 2.05) is 4.90 Å². The number of carbonyl (C=O) groups is 2. The van der Waals surface area contributed by atoms with Gasteiger partial charge in [-0.15, -0.1) is 0 Å². The highest BCUT2D eigenvalue weighted by atomic mass is 16.2. The lowest BCUT2D eigenvalue weighted by atomic mass is 9.93. The Kier molecular flexibility index (Phi) is 5.88. The van der Waals surface area contributed by atoms with Crippen molar-refractivity contribution in [2.75, 3.05) is 13.1 Å². The van der Waals surface area contributed by atoms with Gasteiger partial charge in [0.2, 0.25) is 11.8 Å². The van der Waals surface area contributed by atoms with Crippen molar-refractivity contribution < 1.29 is 9.59 Å². The molecular formula is C17H27N5O3. The summed E-state index contributed by atoms with van der Waals surface area (Å²) in [5.41, 5.74) is -0.342. The molecule has 1 saturated carbocycles. The molecule has 1 aliphatic heterocycles. The molecule has 1 aromatic heterocycles. The Balaban J connectivity index is 1.50. The Labute approximate surface area is 146 Å². The molecule has 1 aliphatic carbocycles. The number of amides is 2. The number of hydrogen-bond acceptors (Lipinski definition) is 4. The SMILES string of the molecule is O=C(NCCc1n[nH]c(=O)[nH]1)[C@@H]1CCC(=O)N(C2CCCCCC2)C1. The van der Waals surface area contributed by atoms with Gasteiger partial charge in [-0.25, -0.2) is 9.89 Å². The van der Waals surface area contributed by atoms with Crippen LogP contribution in [0.15, 0.2) is 4.79 Å². The fourth-order valence-corrected chi connectivity index (χ4v) is 3.88. The monoisotopic (exact) mass is 349 g/mol. The number of rotatable bonds is 5. The number of carbonyl (C=O) groups excluding carboxylic acids is 2. The molecular weight excluding hydrogens is 322 g/mol. The Hall–Kier alpha value is -2.12. The van der Waals surface area contributed by atoms with E-state index in [4.69, 9.17) is 0 Å². The van der Waals surface area contributed by atoms with E-state index >= 15 is 0 Å². The van der Waals surface area contributed by atoms with Crippen LogP contribution in [0.1, 0.15) is 57.2 Å². The Morgan fingerprint density at radius 2 is 1.92 bits per heavy atom. The summed E-state index contributed by atoms with van der Waals surface area (Å²) >= 11 is 0. The van der Waals surface area contributed by atoms with E-state index < -0.39 is 0 Å². The highest BCUT2D eigenvalue weighted by molar-refractivity contribution is 5.84. The maximum Gasteiger partial charge on any atom is 0.340 e. The zero-order valence-corrected chi connectivity index (χ0v) is 14.6. The van der Waals surface area contributed by atoms with Gasteiger partial charge in [-0.3, -0.25) is 14.6 Å². The Morgan fingerprint density at radius 1 is 1.16 bits per heavy atom. The number of aromatic amines is 2. The van der Waals surface area contributed by atoms with E-state index in [1.165, 1.54) is 25.7 Å². The van der Waals surface area contributed by atoms with E-state index in [-0.39, 0.29) is 23.4 Å². The molecule has 25 heavy (non-hydrogen) atoms. The molecule has 0 bridgehead atoms. The van der Waals surface area contributed by atoms with Crippen LogP contribution in [0.2, 0.25) is 0 Å². The lowest BCUT2D eigenvalue weighted by Crippen LogP contribution is -2.50. The molecule has 0 unspecified atom stereocenters. The quantitative estimate of drug-likeness (QED) is 0.680. The maximum absolute atomic E-state index is 12.4. The summed E-state index contributed by atoms with van der Waals surface area (Å²) < 4.78 is 0. The Morgan fingerprint density at radius 3 is 2.60 bits per heavy atom. The number of piperidine rings is 1. The van der Waals surface area contributed by atoms with Gasteiger partial charge in [0, 0.05) is 32.0 Å². The number of aromatic nitrogens is 3. The maximum atomic E-state index is 12.4. The zero-order chi connectivity index (χ0) is 17.6. The fraction of sp³-hybridized carbons (Fsp3) is 0.765. The molecule has 0 radical (unpaired) electrons. The molecule has 138 valence electrons. The average Bonchev–Trinajstić information content (AvgIpc) is 2.85. The largest absolute Gasteiger partial charge is 0.355 e. The van der Waals surface area contributed by atoms with Crippen LogP contribution < -0.4 is 11.0 Å². The predicted octanol–water partition coefficient (Wildman–Crippen LogP) is 0.718. The molecule has 0 aromatic carbocycles. The summed E-state index contributed by atoms with van der Waals surface area (Å²) in [6, 6.07) is 0.305. The number of likely N-dealkylation sites (tertiary alicyclic amines) is 1. The zero-order valence-electron chi connectivity index (χ0n) is 14.6. The van der Waals surface area contributed by atoms with Crippen molar-refractivity contribution in [2.24, 2.45) is 5.92 Å². The van der Waals surface area contributed by atoms with Gasteiger partial charge < -0.3 is 10.2 Å². The first-order valence-electron chi connectivity index (χ1n) is 9.34. The van der Waals surface area contributed by atoms with Crippen molar-refractivity contribution in [1.29, 1.82) is 0 Å². The molecule has 3 N–H and O–H groups in total. The van der Waals surface area contributed by atoms with Crippen LogP contribution in [0.5, 0.6) is 0 Å². The van der Waals surface area contributed by atoms with Gasteiger partial charge >= 0.3 is 5.69 Å². The highest BCUT2D eigenvalue weighted by Crippen LogP contribution is 2.27. The van der Waals surface area contributed by atoms with Crippen molar-refractivity contribution >= 4 is 11.8 Å². The van der Waals surface area contributed by atoms with E-state index in [0.29, 0.717) is 44.2 Å². The smallest absolute Gasteiger partial charge is 0.340 e. The molecule has 1 saturated heterocycles. The summed E-state index contributed by atoms with van der Waals surface area (Å²) in [4.78, 5) is 40.3.